The second-order valence-corrected chi connectivity index (χ2v) is 4.57. The lowest BCUT2D eigenvalue weighted by Gasteiger charge is -2.08. The molecule has 0 saturated heterocycles. The van der Waals surface area contributed by atoms with Crippen molar-refractivity contribution in [2.45, 2.75) is 6.92 Å². The van der Waals surface area contributed by atoms with Crippen LogP contribution in [0.4, 0.5) is 14.5 Å². The Morgan fingerprint density at radius 3 is 2.42 bits per heavy atom. The lowest BCUT2D eigenvalue weighted by atomic mass is 10.00. The molecule has 0 radical (unpaired) electrons. The molecule has 5 heteroatoms. The summed E-state index contributed by atoms with van der Waals surface area (Å²) in [5.41, 5.74) is 6.91. The van der Waals surface area contributed by atoms with E-state index in [1.807, 2.05) is 0 Å². The second-order valence-electron chi connectivity index (χ2n) is 4.17. The van der Waals surface area contributed by atoms with Crippen LogP contribution in [0, 0.1) is 18.6 Å². The Bertz CT molecular complexity index is 671. The third-order valence-corrected chi connectivity index (χ3v) is 3.02. The van der Waals surface area contributed by atoms with E-state index in [0.29, 0.717) is 0 Å². The number of carbonyl (C=O) groups is 1. The number of nitrogen functional groups attached to an aromatic ring is 1. The Morgan fingerprint density at radius 1 is 1.11 bits per heavy atom. The number of nitrogens with two attached hydrogens (primary N) is 1. The van der Waals surface area contributed by atoms with Crippen molar-refractivity contribution < 1.29 is 13.6 Å². The van der Waals surface area contributed by atoms with Crippen LogP contribution >= 0.6 is 11.6 Å². The van der Waals surface area contributed by atoms with Crippen molar-refractivity contribution in [2.24, 2.45) is 0 Å². The molecular weight excluding hydrogens is 272 g/mol. The maximum absolute atomic E-state index is 13.2. The van der Waals surface area contributed by atoms with Crippen LogP contribution in [0.1, 0.15) is 21.5 Å². The van der Waals surface area contributed by atoms with Gasteiger partial charge >= 0.3 is 0 Å². The molecule has 0 heterocycles. The van der Waals surface area contributed by atoms with Crippen LogP contribution in [-0.2, 0) is 0 Å². The van der Waals surface area contributed by atoms with Crippen LogP contribution in [0.25, 0.3) is 0 Å². The molecule has 2 N–H and O–H groups in total. The average Bonchev–Trinajstić information content (AvgIpc) is 2.36. The van der Waals surface area contributed by atoms with Crippen molar-refractivity contribution in [3.8, 4) is 0 Å². The lowest BCUT2D eigenvalue weighted by Crippen LogP contribution is -2.07. The topological polar surface area (TPSA) is 43.1 Å². The first-order valence-corrected chi connectivity index (χ1v) is 5.83. The zero-order valence-corrected chi connectivity index (χ0v) is 10.8. The van der Waals surface area contributed by atoms with Gasteiger partial charge < -0.3 is 5.73 Å². The zero-order valence-electron chi connectivity index (χ0n) is 10.0. The van der Waals surface area contributed by atoms with Crippen LogP contribution in [0.2, 0.25) is 5.02 Å². The van der Waals surface area contributed by atoms with Gasteiger partial charge in [0.2, 0.25) is 0 Å². The number of ketones is 1. The van der Waals surface area contributed by atoms with Crippen molar-refractivity contribution in [3.05, 3.63) is 63.7 Å². The number of hydrogen-bond donors (Lipinski definition) is 1. The van der Waals surface area contributed by atoms with Crippen molar-refractivity contribution in [1.82, 2.24) is 0 Å². The Balaban J connectivity index is 2.56. The highest BCUT2D eigenvalue weighted by Crippen LogP contribution is 2.25. The molecule has 0 atom stereocenters. The molecule has 0 aliphatic carbocycles. The molecule has 0 bridgehead atoms. The summed E-state index contributed by atoms with van der Waals surface area (Å²) in [6.45, 7) is 1.79. The van der Waals surface area contributed by atoms with Crippen LogP contribution in [0.15, 0.2) is 30.3 Å². The first-order chi connectivity index (χ1) is 8.90. The molecule has 0 aliphatic rings. The second kappa shape index (κ2) is 4.97. The van der Waals surface area contributed by atoms with Gasteiger partial charge in [0.05, 0.1) is 5.02 Å². The highest BCUT2D eigenvalue weighted by molar-refractivity contribution is 6.35. The Labute approximate surface area is 113 Å². The predicted molar refractivity (Wildman–Crippen MR) is 70.4 cm³/mol. The number of hydrogen-bond acceptors (Lipinski definition) is 2. The molecule has 0 spiro atoms. The SMILES string of the molecule is Cc1ccc(N)c(C(=O)c2cc(F)c(F)cc2Cl)c1. The fraction of sp³-hybridized carbons (Fsp3) is 0.0714. The van der Waals surface area contributed by atoms with Gasteiger partial charge in [0, 0.05) is 16.8 Å². The van der Waals surface area contributed by atoms with Crippen LogP contribution in [-0.4, -0.2) is 5.78 Å². The molecule has 0 amide bonds. The summed E-state index contributed by atoms with van der Waals surface area (Å²) in [7, 11) is 0. The summed E-state index contributed by atoms with van der Waals surface area (Å²) in [6.07, 6.45) is 0. The maximum atomic E-state index is 13.2. The van der Waals surface area contributed by atoms with Crippen molar-refractivity contribution in [1.29, 1.82) is 0 Å². The van der Waals surface area contributed by atoms with Gasteiger partial charge in [-0.05, 0) is 31.2 Å². The van der Waals surface area contributed by atoms with Crippen LogP contribution in [0.3, 0.4) is 0 Å². The third-order valence-electron chi connectivity index (χ3n) is 2.71. The Kier molecular flexibility index (Phi) is 3.53. The van der Waals surface area contributed by atoms with E-state index in [0.717, 1.165) is 17.7 Å². The summed E-state index contributed by atoms with van der Waals surface area (Å²) >= 11 is 5.77. The van der Waals surface area contributed by atoms with E-state index < -0.39 is 17.4 Å². The highest BCUT2D eigenvalue weighted by atomic mass is 35.5. The van der Waals surface area contributed by atoms with E-state index >= 15 is 0 Å². The molecule has 2 rings (SSSR count). The summed E-state index contributed by atoms with van der Waals surface area (Å²) < 4.78 is 26.2. The van der Waals surface area contributed by atoms with Gasteiger partial charge in [-0.3, -0.25) is 4.79 Å². The van der Waals surface area contributed by atoms with Crippen molar-refractivity contribution in [2.75, 3.05) is 5.73 Å². The molecule has 0 unspecified atom stereocenters. The van der Waals surface area contributed by atoms with E-state index in [4.69, 9.17) is 17.3 Å². The molecule has 0 aliphatic heterocycles. The van der Waals surface area contributed by atoms with Gasteiger partial charge in [-0.1, -0.05) is 23.2 Å². The van der Waals surface area contributed by atoms with Gasteiger partial charge in [0.15, 0.2) is 17.4 Å². The zero-order chi connectivity index (χ0) is 14.2. The highest BCUT2D eigenvalue weighted by Gasteiger charge is 2.18. The van der Waals surface area contributed by atoms with Gasteiger partial charge in [0.25, 0.3) is 0 Å². The van der Waals surface area contributed by atoms with E-state index in [1.54, 1.807) is 25.1 Å². The number of rotatable bonds is 2. The lowest BCUT2D eigenvalue weighted by molar-refractivity contribution is 0.103. The molecule has 2 aromatic rings. The number of carbonyl (C=O) groups excluding carboxylic acids is 1. The number of halogens is 3. The first kappa shape index (κ1) is 13.5. The molecule has 2 aromatic carbocycles. The van der Waals surface area contributed by atoms with E-state index in [-0.39, 0.29) is 21.8 Å². The minimum Gasteiger partial charge on any atom is -0.398 e. The van der Waals surface area contributed by atoms with Crippen LogP contribution in [0.5, 0.6) is 0 Å². The summed E-state index contributed by atoms with van der Waals surface area (Å²) in [6, 6.07) is 6.46. The van der Waals surface area contributed by atoms with Crippen LogP contribution < -0.4 is 5.73 Å². The van der Waals surface area contributed by atoms with Gasteiger partial charge in [-0.2, -0.15) is 0 Å². The number of aryl methyl sites for hydroxylation is 1. The minimum atomic E-state index is -1.13. The first-order valence-electron chi connectivity index (χ1n) is 5.45. The molecule has 0 aromatic heterocycles. The van der Waals surface area contributed by atoms with Crippen molar-refractivity contribution in [3.63, 3.8) is 0 Å². The smallest absolute Gasteiger partial charge is 0.196 e. The molecule has 98 valence electrons. The fourth-order valence-corrected chi connectivity index (χ4v) is 1.94. The van der Waals surface area contributed by atoms with Gasteiger partial charge in [0.1, 0.15) is 0 Å². The summed E-state index contributed by atoms with van der Waals surface area (Å²) in [5, 5.41) is -0.148. The molecule has 19 heavy (non-hydrogen) atoms. The summed E-state index contributed by atoms with van der Waals surface area (Å²) in [5.74, 6) is -2.76. The minimum absolute atomic E-state index is 0.113. The molecule has 0 fully saturated rings. The number of anilines is 1. The Morgan fingerprint density at radius 2 is 1.74 bits per heavy atom. The maximum Gasteiger partial charge on any atom is 0.196 e. The Hall–Kier alpha value is -1.94. The van der Waals surface area contributed by atoms with Crippen molar-refractivity contribution >= 4 is 23.1 Å². The van der Waals surface area contributed by atoms with E-state index in [9.17, 15) is 13.6 Å². The third kappa shape index (κ3) is 2.58. The molecular formula is C14H10ClF2NO. The average molecular weight is 282 g/mol. The van der Waals surface area contributed by atoms with E-state index in [1.165, 1.54) is 0 Å². The van der Waals surface area contributed by atoms with E-state index in [2.05, 4.69) is 0 Å². The quantitative estimate of drug-likeness (QED) is 0.518. The van der Waals surface area contributed by atoms with Gasteiger partial charge in [-0.15, -0.1) is 0 Å². The summed E-state index contributed by atoms with van der Waals surface area (Å²) in [4.78, 5) is 12.3. The largest absolute Gasteiger partial charge is 0.398 e. The monoisotopic (exact) mass is 281 g/mol. The fourth-order valence-electron chi connectivity index (χ4n) is 1.71. The standard InChI is InChI=1S/C14H10ClF2NO/c1-7-2-3-13(18)9(4-7)14(19)8-5-11(16)12(17)6-10(8)15/h2-6H,18H2,1H3. The normalized spacial score (nSPS) is 10.5. The number of benzene rings is 2. The predicted octanol–water partition coefficient (Wildman–Crippen LogP) is 3.74. The van der Waals surface area contributed by atoms with Gasteiger partial charge in [-0.25, -0.2) is 8.78 Å². The molecule has 0 saturated carbocycles. The molecule has 2 nitrogen and oxygen atoms in total.